The molecule has 224 valence electrons. The van der Waals surface area contributed by atoms with Crippen LogP contribution >= 0.6 is 27.7 Å². The van der Waals surface area contributed by atoms with E-state index in [2.05, 4.69) is 25.4 Å². The highest BCUT2D eigenvalue weighted by Crippen LogP contribution is 2.52. The molecule has 0 aliphatic carbocycles. The van der Waals surface area contributed by atoms with Crippen LogP contribution < -0.4 is 9.47 Å². The average Bonchev–Trinajstić information content (AvgIpc) is 2.96. The molecule has 4 aromatic carbocycles. The molecular weight excluding hydrogens is 675 g/mol. The van der Waals surface area contributed by atoms with Crippen LogP contribution in [0.3, 0.4) is 0 Å². The molecule has 4 rings (SSSR count). The van der Waals surface area contributed by atoms with Gasteiger partial charge in [-0.25, -0.2) is 0 Å². The van der Waals surface area contributed by atoms with Crippen molar-refractivity contribution in [2.75, 3.05) is 0 Å². The highest BCUT2D eigenvalue weighted by Gasteiger charge is 2.58. The maximum absolute atomic E-state index is 15.3. The summed E-state index contributed by atoms with van der Waals surface area (Å²) in [6.07, 6.45) is -10.6. The molecule has 4 aromatic rings. The second-order valence-corrected chi connectivity index (χ2v) is 10.7. The number of benzene rings is 4. The maximum atomic E-state index is 15.3. The molecule has 0 aliphatic rings. The third kappa shape index (κ3) is 7.21. The van der Waals surface area contributed by atoms with Gasteiger partial charge in [0.25, 0.3) is 0 Å². The Balaban J connectivity index is 1.84. The molecule has 0 saturated heterocycles. The summed E-state index contributed by atoms with van der Waals surface area (Å²) >= 11 is 4.63. The molecular formula is C30H16BrF9O2S. The Labute approximate surface area is 251 Å². The summed E-state index contributed by atoms with van der Waals surface area (Å²) < 4.78 is 132. The smallest absolute Gasteiger partial charge is 0.406 e. The first-order valence-electron chi connectivity index (χ1n) is 11.9. The van der Waals surface area contributed by atoms with Crippen LogP contribution in [-0.2, 0) is 5.41 Å². The number of alkyl halides is 3. The summed E-state index contributed by atoms with van der Waals surface area (Å²) in [6, 6.07) is 15.6. The molecule has 0 amide bonds. The summed E-state index contributed by atoms with van der Waals surface area (Å²) in [6.45, 7) is 0. The molecule has 43 heavy (non-hydrogen) atoms. The van der Waals surface area contributed by atoms with Crippen molar-refractivity contribution in [2.45, 2.75) is 21.4 Å². The van der Waals surface area contributed by atoms with Crippen molar-refractivity contribution in [1.29, 1.82) is 0 Å². The normalized spacial score (nSPS) is 11.6. The lowest BCUT2D eigenvalue weighted by Crippen LogP contribution is -2.44. The summed E-state index contributed by atoms with van der Waals surface area (Å²) in [7, 11) is 0. The Hall–Kier alpha value is -3.84. The minimum absolute atomic E-state index is 0.274. The van der Waals surface area contributed by atoms with Crippen LogP contribution in [0.4, 0.5) is 39.5 Å². The quantitative estimate of drug-likeness (QED) is 0.0989. The molecule has 0 bridgehead atoms. The molecule has 2 nitrogen and oxygen atoms in total. The fourth-order valence-corrected chi connectivity index (χ4v) is 5.31. The van der Waals surface area contributed by atoms with Gasteiger partial charge in [0.15, 0.2) is 0 Å². The molecule has 0 unspecified atom stereocenters. The molecule has 13 heteroatoms. The zero-order valence-corrected chi connectivity index (χ0v) is 23.6. The second kappa shape index (κ2) is 13.2. The van der Waals surface area contributed by atoms with Crippen LogP contribution in [0.15, 0.2) is 136 Å². The van der Waals surface area contributed by atoms with Gasteiger partial charge in [0.2, 0.25) is 0 Å². The minimum atomic E-state index is -5.06. The first-order valence-corrected chi connectivity index (χ1v) is 13.5. The molecule has 0 aromatic heterocycles. The van der Waals surface area contributed by atoms with E-state index < -0.39 is 58.4 Å². The van der Waals surface area contributed by atoms with Crippen LogP contribution in [0.2, 0.25) is 0 Å². The van der Waals surface area contributed by atoms with E-state index in [1.54, 1.807) is 12.1 Å². The molecule has 0 fully saturated rings. The van der Waals surface area contributed by atoms with Gasteiger partial charge in [0, 0.05) is 14.3 Å². The SMILES string of the molecule is FC(F)=C(F)Oc1ccc(C(c2ccc(OC(F)=C(F)F)cc2)(c2ccc(Sc3ccc(Br)cc3)cc2)C(F)(F)F)cc1. The number of halogens is 10. The van der Waals surface area contributed by atoms with Gasteiger partial charge in [-0.05, 0) is 77.4 Å². The van der Waals surface area contributed by atoms with E-state index in [-0.39, 0.29) is 5.56 Å². The summed E-state index contributed by atoms with van der Waals surface area (Å²) in [5.74, 6) is -0.990. The molecule has 0 aliphatic heterocycles. The van der Waals surface area contributed by atoms with Gasteiger partial charge in [0.1, 0.15) is 16.9 Å². The third-order valence-corrected chi connectivity index (χ3v) is 7.59. The Morgan fingerprint density at radius 1 is 0.512 bits per heavy atom. The van der Waals surface area contributed by atoms with Crippen LogP contribution in [0.1, 0.15) is 16.7 Å². The highest BCUT2D eigenvalue weighted by molar-refractivity contribution is 9.10. The topological polar surface area (TPSA) is 18.5 Å². The van der Waals surface area contributed by atoms with E-state index in [1.165, 1.54) is 36.0 Å². The van der Waals surface area contributed by atoms with E-state index in [4.69, 9.17) is 0 Å². The van der Waals surface area contributed by atoms with Gasteiger partial charge in [-0.1, -0.05) is 64.1 Å². The number of rotatable bonds is 9. The van der Waals surface area contributed by atoms with Gasteiger partial charge in [-0.3, -0.25) is 0 Å². The molecule has 0 N–H and O–H groups in total. The van der Waals surface area contributed by atoms with Gasteiger partial charge >= 0.3 is 30.4 Å². The van der Waals surface area contributed by atoms with Crippen molar-refractivity contribution in [1.82, 2.24) is 0 Å². The predicted octanol–water partition coefficient (Wildman–Crippen LogP) is 11.3. The van der Waals surface area contributed by atoms with Crippen molar-refractivity contribution >= 4 is 27.7 Å². The van der Waals surface area contributed by atoms with Crippen LogP contribution in [0.5, 0.6) is 11.5 Å². The van der Waals surface area contributed by atoms with E-state index in [9.17, 15) is 26.3 Å². The Bertz CT molecular complexity index is 1540. The first kappa shape index (κ1) is 32.1. The van der Waals surface area contributed by atoms with Crippen LogP contribution in [0.25, 0.3) is 0 Å². The summed E-state index contributed by atoms with van der Waals surface area (Å²) in [5.41, 5.74) is -4.03. The highest BCUT2D eigenvalue weighted by atomic mass is 79.9. The maximum Gasteiger partial charge on any atom is 0.406 e. The van der Waals surface area contributed by atoms with Crippen molar-refractivity contribution in [3.05, 3.63) is 142 Å². The lowest BCUT2D eigenvalue weighted by molar-refractivity contribution is -0.166. The Kier molecular flexibility index (Phi) is 9.86. The van der Waals surface area contributed by atoms with Crippen LogP contribution in [-0.4, -0.2) is 6.18 Å². The lowest BCUT2D eigenvalue weighted by Gasteiger charge is -2.37. The standard InChI is InChI=1S/C30H16BrF9O2S/c31-20-7-15-24(16-8-20)43-23-13-5-19(6-14-23)29(30(38,39)40,17-1-9-21(10-2-17)41-27(36)25(32)33)18-3-11-22(12-4-18)42-28(37)26(34)35/h1-16H. The zero-order valence-electron chi connectivity index (χ0n) is 21.2. The van der Waals surface area contributed by atoms with Gasteiger partial charge in [0.05, 0.1) is 0 Å². The second-order valence-electron chi connectivity index (χ2n) is 8.65. The zero-order chi connectivity index (χ0) is 31.4. The van der Waals surface area contributed by atoms with E-state index >= 15 is 13.2 Å². The average molecular weight is 691 g/mol. The molecule has 0 heterocycles. The number of ether oxygens (including phenoxy) is 2. The summed E-state index contributed by atoms with van der Waals surface area (Å²) in [4.78, 5) is 1.43. The van der Waals surface area contributed by atoms with E-state index in [0.29, 0.717) is 4.90 Å². The number of hydrogen-bond donors (Lipinski definition) is 0. The van der Waals surface area contributed by atoms with Gasteiger partial charge in [-0.2, -0.15) is 39.5 Å². The fourth-order valence-electron chi connectivity index (χ4n) is 4.23. The predicted molar refractivity (Wildman–Crippen MR) is 145 cm³/mol. The minimum Gasteiger partial charge on any atom is -0.428 e. The molecule has 0 spiro atoms. The van der Waals surface area contributed by atoms with E-state index in [0.717, 1.165) is 57.9 Å². The lowest BCUT2D eigenvalue weighted by atomic mass is 9.68. The van der Waals surface area contributed by atoms with E-state index in [1.807, 2.05) is 12.1 Å². The van der Waals surface area contributed by atoms with Crippen molar-refractivity contribution in [3.63, 3.8) is 0 Å². The van der Waals surface area contributed by atoms with Crippen LogP contribution in [0, 0.1) is 0 Å². The monoisotopic (exact) mass is 690 g/mol. The molecule has 0 radical (unpaired) electrons. The Morgan fingerprint density at radius 3 is 1.16 bits per heavy atom. The Morgan fingerprint density at radius 2 is 0.837 bits per heavy atom. The fraction of sp³-hybridized carbons (Fsp3) is 0.0667. The molecule has 0 saturated carbocycles. The summed E-state index contributed by atoms with van der Waals surface area (Å²) in [5, 5.41) is 0. The van der Waals surface area contributed by atoms with Crippen molar-refractivity contribution in [3.8, 4) is 11.5 Å². The first-order chi connectivity index (χ1) is 20.3. The van der Waals surface area contributed by atoms with Crippen molar-refractivity contribution < 1.29 is 49.0 Å². The van der Waals surface area contributed by atoms with Gasteiger partial charge in [-0.15, -0.1) is 0 Å². The van der Waals surface area contributed by atoms with Gasteiger partial charge < -0.3 is 9.47 Å². The largest absolute Gasteiger partial charge is 0.428 e. The third-order valence-electron chi connectivity index (χ3n) is 6.05. The van der Waals surface area contributed by atoms with Crippen molar-refractivity contribution in [2.24, 2.45) is 0 Å². The number of hydrogen-bond acceptors (Lipinski definition) is 3. The molecule has 0 atom stereocenters.